The second-order valence-electron chi connectivity index (χ2n) is 6.57. The monoisotopic (exact) mass is 464 g/mol. The molecule has 31 heavy (non-hydrogen) atoms. The lowest BCUT2D eigenvalue weighted by molar-refractivity contribution is -0.120. The molecule has 0 bridgehead atoms. The Morgan fingerprint density at radius 1 is 1.06 bits per heavy atom. The van der Waals surface area contributed by atoms with Crippen LogP contribution in [0.25, 0.3) is 0 Å². The van der Waals surface area contributed by atoms with Gasteiger partial charge in [-0.2, -0.15) is 9.41 Å². The Hall–Kier alpha value is -2.79. The highest BCUT2D eigenvalue weighted by Gasteiger charge is 2.26. The van der Waals surface area contributed by atoms with Gasteiger partial charge in [0, 0.05) is 23.7 Å². The van der Waals surface area contributed by atoms with Crippen molar-refractivity contribution in [2.75, 3.05) is 32.8 Å². The molecule has 9 nitrogen and oxygen atoms in total. The number of nitrogens with zero attached hydrogens (tertiary/aromatic N) is 2. The molecular weight excluding hydrogens is 444 g/mol. The van der Waals surface area contributed by atoms with Crippen molar-refractivity contribution in [3.63, 3.8) is 0 Å². The average Bonchev–Trinajstić information content (AvgIpc) is 2.79. The number of hydrogen-bond donors (Lipinski definition) is 2. The van der Waals surface area contributed by atoms with Crippen LogP contribution >= 0.6 is 11.6 Å². The van der Waals surface area contributed by atoms with Gasteiger partial charge in [-0.1, -0.05) is 23.7 Å². The topological polar surface area (TPSA) is 117 Å². The van der Waals surface area contributed by atoms with Crippen molar-refractivity contribution in [3.05, 3.63) is 64.7 Å². The summed E-state index contributed by atoms with van der Waals surface area (Å²) >= 11 is 5.79. The van der Waals surface area contributed by atoms with Gasteiger partial charge in [-0.05, 0) is 42.0 Å². The van der Waals surface area contributed by atoms with Crippen LogP contribution in [0.5, 0.6) is 0 Å². The van der Waals surface area contributed by atoms with Gasteiger partial charge in [-0.15, -0.1) is 0 Å². The molecule has 0 spiro atoms. The lowest BCUT2D eigenvalue weighted by atomic mass is 10.2. The number of sulfonamides is 1. The largest absolute Gasteiger partial charge is 0.379 e. The molecule has 0 atom stereocenters. The predicted octanol–water partition coefficient (Wildman–Crippen LogP) is 1.24. The van der Waals surface area contributed by atoms with Gasteiger partial charge in [0.25, 0.3) is 11.8 Å². The predicted molar refractivity (Wildman–Crippen MR) is 116 cm³/mol. The molecule has 0 aliphatic carbocycles. The van der Waals surface area contributed by atoms with Crippen molar-refractivity contribution in [2.45, 2.75) is 4.90 Å². The zero-order valence-corrected chi connectivity index (χ0v) is 18.0. The maximum absolute atomic E-state index is 12.6. The van der Waals surface area contributed by atoms with E-state index < -0.39 is 21.8 Å². The first-order valence-electron chi connectivity index (χ1n) is 9.40. The number of hydrogen-bond acceptors (Lipinski definition) is 6. The molecule has 2 aromatic rings. The highest BCUT2D eigenvalue weighted by atomic mass is 35.5. The Morgan fingerprint density at radius 2 is 1.71 bits per heavy atom. The number of nitrogens with one attached hydrogen (secondary N) is 2. The number of halogens is 1. The summed E-state index contributed by atoms with van der Waals surface area (Å²) in [5.41, 5.74) is 3.29. The Bertz CT molecular complexity index is 1050. The summed E-state index contributed by atoms with van der Waals surface area (Å²) in [6, 6.07) is 12.4. The molecule has 1 heterocycles. The lowest BCUT2D eigenvalue weighted by Crippen LogP contribution is -2.40. The van der Waals surface area contributed by atoms with Gasteiger partial charge in [0.05, 0.1) is 30.9 Å². The van der Waals surface area contributed by atoms with E-state index in [-0.39, 0.29) is 17.0 Å². The first kappa shape index (κ1) is 22.9. The molecular formula is C20H21ClN4O5S. The van der Waals surface area contributed by atoms with Gasteiger partial charge in [0.2, 0.25) is 10.0 Å². The van der Waals surface area contributed by atoms with Gasteiger partial charge >= 0.3 is 0 Å². The van der Waals surface area contributed by atoms with Crippen LogP contribution < -0.4 is 10.7 Å². The van der Waals surface area contributed by atoms with Crippen molar-refractivity contribution < 1.29 is 22.7 Å². The minimum atomic E-state index is -3.63. The molecule has 164 valence electrons. The van der Waals surface area contributed by atoms with E-state index in [4.69, 9.17) is 16.3 Å². The third-order valence-corrected chi connectivity index (χ3v) is 6.57. The molecule has 1 saturated heterocycles. The summed E-state index contributed by atoms with van der Waals surface area (Å²) in [5, 5.41) is 6.86. The van der Waals surface area contributed by atoms with E-state index in [0.29, 0.717) is 31.3 Å². The van der Waals surface area contributed by atoms with Gasteiger partial charge < -0.3 is 10.1 Å². The molecule has 0 radical (unpaired) electrons. The van der Waals surface area contributed by atoms with Gasteiger partial charge in [0.15, 0.2) is 0 Å². The van der Waals surface area contributed by atoms with E-state index in [0.717, 1.165) is 5.56 Å². The quantitative estimate of drug-likeness (QED) is 0.472. The minimum absolute atomic E-state index is 0.0974. The minimum Gasteiger partial charge on any atom is -0.379 e. The summed E-state index contributed by atoms with van der Waals surface area (Å²) < 4.78 is 31.7. The number of carbonyl (C=O) groups excluding carboxylic acids is 2. The maximum atomic E-state index is 12.6. The van der Waals surface area contributed by atoms with Crippen molar-refractivity contribution >= 4 is 39.7 Å². The molecule has 0 aromatic heterocycles. The highest BCUT2D eigenvalue weighted by molar-refractivity contribution is 7.89. The number of carbonyl (C=O) groups is 2. The Labute approximate surface area is 185 Å². The van der Waals surface area contributed by atoms with Crippen LogP contribution in [0.15, 0.2) is 58.5 Å². The fraction of sp³-hybridized carbons (Fsp3) is 0.250. The normalized spacial score (nSPS) is 15.0. The van der Waals surface area contributed by atoms with Crippen molar-refractivity contribution in [1.29, 1.82) is 0 Å². The van der Waals surface area contributed by atoms with E-state index in [2.05, 4.69) is 15.8 Å². The Balaban J connectivity index is 1.50. The zero-order chi connectivity index (χ0) is 22.3. The van der Waals surface area contributed by atoms with E-state index in [1.54, 1.807) is 24.3 Å². The molecule has 0 saturated carbocycles. The fourth-order valence-electron chi connectivity index (χ4n) is 2.74. The van der Waals surface area contributed by atoms with Crippen LogP contribution in [0.3, 0.4) is 0 Å². The Morgan fingerprint density at radius 3 is 2.35 bits per heavy atom. The molecule has 11 heteroatoms. The van der Waals surface area contributed by atoms with E-state index in [9.17, 15) is 18.0 Å². The van der Waals surface area contributed by atoms with Crippen molar-refractivity contribution in [2.24, 2.45) is 5.10 Å². The molecule has 1 fully saturated rings. The summed E-state index contributed by atoms with van der Waals surface area (Å²) in [6.07, 6.45) is 1.45. The summed E-state index contributed by atoms with van der Waals surface area (Å²) in [4.78, 5) is 24.1. The van der Waals surface area contributed by atoms with E-state index in [1.165, 1.54) is 34.8 Å². The first-order valence-corrected chi connectivity index (χ1v) is 11.2. The molecule has 2 N–H and O–H groups in total. The lowest BCUT2D eigenvalue weighted by Gasteiger charge is -2.26. The van der Waals surface area contributed by atoms with Crippen molar-refractivity contribution in [1.82, 2.24) is 15.0 Å². The number of ether oxygens (including phenoxy) is 1. The standard InChI is InChI=1S/C20H21ClN4O5S/c21-17-5-1-15(2-6-17)13-23-24-19(26)14-22-20(27)16-3-7-18(8-4-16)31(28,29)25-9-11-30-12-10-25/h1-8,13H,9-12,14H2,(H,22,27)(H,24,26)/b23-13+. The van der Waals surface area contributed by atoms with Crippen LogP contribution in [-0.2, 0) is 19.6 Å². The van der Waals surface area contributed by atoms with E-state index in [1.807, 2.05) is 0 Å². The van der Waals surface area contributed by atoms with Crippen molar-refractivity contribution in [3.8, 4) is 0 Å². The number of rotatable bonds is 7. The third-order valence-electron chi connectivity index (χ3n) is 4.41. The second kappa shape index (κ2) is 10.5. The maximum Gasteiger partial charge on any atom is 0.259 e. The van der Waals surface area contributed by atoms with Gasteiger partial charge in [0.1, 0.15) is 0 Å². The summed E-state index contributed by atoms with van der Waals surface area (Å²) in [6.45, 7) is 1.00. The second-order valence-corrected chi connectivity index (χ2v) is 8.94. The molecule has 0 unspecified atom stereocenters. The van der Waals surface area contributed by atoms with Crippen LogP contribution in [0.2, 0.25) is 5.02 Å². The van der Waals surface area contributed by atoms with Crippen LogP contribution in [0, 0.1) is 0 Å². The summed E-state index contributed by atoms with van der Waals surface area (Å²) in [7, 11) is -3.63. The average molecular weight is 465 g/mol. The molecule has 2 aromatic carbocycles. The third kappa shape index (κ3) is 6.34. The molecule has 1 aliphatic heterocycles. The number of benzene rings is 2. The highest BCUT2D eigenvalue weighted by Crippen LogP contribution is 2.17. The smallest absolute Gasteiger partial charge is 0.259 e. The molecule has 1 aliphatic rings. The number of amides is 2. The SMILES string of the molecule is O=C(CNC(=O)c1ccc(S(=O)(=O)N2CCOCC2)cc1)N/N=C/c1ccc(Cl)cc1. The number of hydrazone groups is 1. The first-order chi connectivity index (χ1) is 14.9. The van der Waals surface area contributed by atoms with Gasteiger partial charge in [-0.25, -0.2) is 13.8 Å². The molecule has 2 amide bonds. The van der Waals surface area contributed by atoms with Crippen LogP contribution in [0.1, 0.15) is 15.9 Å². The summed E-state index contributed by atoms with van der Waals surface area (Å²) in [5.74, 6) is -1.02. The van der Waals surface area contributed by atoms with Gasteiger partial charge in [-0.3, -0.25) is 9.59 Å². The molecule has 3 rings (SSSR count). The van der Waals surface area contributed by atoms with Crippen LogP contribution in [0.4, 0.5) is 0 Å². The van der Waals surface area contributed by atoms with Crippen LogP contribution in [-0.4, -0.2) is 63.6 Å². The van der Waals surface area contributed by atoms with E-state index >= 15 is 0 Å². The fourth-order valence-corrected chi connectivity index (χ4v) is 4.28. The zero-order valence-electron chi connectivity index (χ0n) is 16.5. The number of morpholine rings is 1. The Kier molecular flexibility index (Phi) is 7.75.